The molecule has 0 aliphatic carbocycles. The molecule has 0 bridgehead atoms. The van der Waals surface area contributed by atoms with E-state index in [9.17, 15) is 0 Å². The van der Waals surface area contributed by atoms with Gasteiger partial charge < -0.3 is 10.5 Å². The van der Waals surface area contributed by atoms with Gasteiger partial charge in [0.1, 0.15) is 5.75 Å². The monoisotopic (exact) mass is 193 g/mol. The third-order valence-corrected chi connectivity index (χ3v) is 2.55. The Morgan fingerprint density at radius 1 is 1.43 bits per heavy atom. The van der Waals surface area contributed by atoms with Gasteiger partial charge in [-0.3, -0.25) is 0 Å². The van der Waals surface area contributed by atoms with E-state index in [1.165, 1.54) is 0 Å². The second-order valence-electron chi connectivity index (χ2n) is 3.79. The molecule has 2 heteroatoms. The fraction of sp³-hybridized carbons (Fsp3) is 0.500. The topological polar surface area (TPSA) is 35.2 Å². The van der Waals surface area contributed by atoms with Crippen molar-refractivity contribution in [2.24, 2.45) is 5.92 Å². The average Bonchev–Trinajstić information content (AvgIpc) is 2.20. The predicted molar refractivity (Wildman–Crippen MR) is 60.5 cm³/mol. The molecule has 1 unspecified atom stereocenters. The van der Waals surface area contributed by atoms with Crippen molar-refractivity contribution in [3.63, 3.8) is 0 Å². The average molecular weight is 193 g/mol. The molecule has 1 aromatic rings. The summed E-state index contributed by atoms with van der Waals surface area (Å²) in [6.45, 7) is 7.10. The third kappa shape index (κ3) is 2.66. The molecule has 0 saturated heterocycles. The van der Waals surface area contributed by atoms with Gasteiger partial charge in [-0.05, 0) is 25.0 Å². The standard InChI is InChI=1S/C12H19NO/c1-4-9(2)8-14-12-7-5-6-11(13)10(12)3/h5-7,9H,4,8,13H2,1-3H3. The molecule has 0 heterocycles. The molecule has 14 heavy (non-hydrogen) atoms. The number of ether oxygens (including phenoxy) is 1. The lowest BCUT2D eigenvalue weighted by atomic mass is 10.1. The second kappa shape index (κ2) is 4.89. The highest BCUT2D eigenvalue weighted by atomic mass is 16.5. The Kier molecular flexibility index (Phi) is 3.81. The van der Waals surface area contributed by atoms with Crippen molar-refractivity contribution in [1.82, 2.24) is 0 Å². The number of rotatable bonds is 4. The van der Waals surface area contributed by atoms with E-state index in [2.05, 4.69) is 13.8 Å². The number of nitrogen functional groups attached to an aromatic ring is 1. The quantitative estimate of drug-likeness (QED) is 0.746. The molecule has 0 fully saturated rings. The van der Waals surface area contributed by atoms with Gasteiger partial charge in [0.25, 0.3) is 0 Å². The van der Waals surface area contributed by atoms with Crippen LogP contribution in [0.1, 0.15) is 25.8 Å². The number of hydrogen-bond donors (Lipinski definition) is 1. The Bertz CT molecular complexity index is 296. The maximum Gasteiger partial charge on any atom is 0.124 e. The number of nitrogens with two attached hydrogens (primary N) is 1. The van der Waals surface area contributed by atoms with E-state index in [1.807, 2.05) is 25.1 Å². The molecule has 0 aliphatic heterocycles. The van der Waals surface area contributed by atoms with Crippen LogP contribution in [0.2, 0.25) is 0 Å². The lowest BCUT2D eigenvalue weighted by molar-refractivity contribution is 0.255. The summed E-state index contributed by atoms with van der Waals surface area (Å²) in [5.74, 6) is 1.50. The van der Waals surface area contributed by atoms with Crippen molar-refractivity contribution in [2.45, 2.75) is 27.2 Å². The maximum atomic E-state index is 5.78. The van der Waals surface area contributed by atoms with Gasteiger partial charge >= 0.3 is 0 Å². The van der Waals surface area contributed by atoms with Crippen molar-refractivity contribution < 1.29 is 4.74 Å². The minimum Gasteiger partial charge on any atom is -0.493 e. The van der Waals surface area contributed by atoms with Gasteiger partial charge in [0.2, 0.25) is 0 Å². The van der Waals surface area contributed by atoms with E-state index in [0.717, 1.165) is 30.0 Å². The van der Waals surface area contributed by atoms with Crippen LogP contribution in [0, 0.1) is 12.8 Å². The summed E-state index contributed by atoms with van der Waals surface area (Å²) < 4.78 is 5.69. The molecule has 1 atom stereocenters. The van der Waals surface area contributed by atoms with Crippen LogP contribution in [0.25, 0.3) is 0 Å². The van der Waals surface area contributed by atoms with Crippen LogP contribution < -0.4 is 10.5 Å². The smallest absolute Gasteiger partial charge is 0.124 e. The van der Waals surface area contributed by atoms with Crippen molar-refractivity contribution >= 4 is 5.69 Å². The summed E-state index contributed by atoms with van der Waals surface area (Å²) >= 11 is 0. The first-order chi connectivity index (χ1) is 6.65. The third-order valence-electron chi connectivity index (χ3n) is 2.55. The van der Waals surface area contributed by atoms with Crippen molar-refractivity contribution in [3.8, 4) is 5.75 Å². The highest BCUT2D eigenvalue weighted by Gasteiger charge is 2.04. The van der Waals surface area contributed by atoms with E-state index < -0.39 is 0 Å². The Hall–Kier alpha value is -1.18. The number of hydrogen-bond acceptors (Lipinski definition) is 2. The second-order valence-corrected chi connectivity index (χ2v) is 3.79. The molecule has 0 aliphatic rings. The van der Waals surface area contributed by atoms with Gasteiger partial charge in [0, 0.05) is 11.3 Å². The molecule has 1 aromatic carbocycles. The molecular weight excluding hydrogens is 174 g/mol. The van der Waals surface area contributed by atoms with Gasteiger partial charge in [-0.15, -0.1) is 0 Å². The van der Waals surface area contributed by atoms with E-state index in [-0.39, 0.29) is 0 Å². The van der Waals surface area contributed by atoms with E-state index >= 15 is 0 Å². The molecule has 78 valence electrons. The molecule has 0 saturated carbocycles. The van der Waals surface area contributed by atoms with Crippen molar-refractivity contribution in [1.29, 1.82) is 0 Å². The van der Waals surface area contributed by atoms with Crippen LogP contribution in [0.3, 0.4) is 0 Å². The van der Waals surface area contributed by atoms with Crippen LogP contribution in [0.15, 0.2) is 18.2 Å². The van der Waals surface area contributed by atoms with E-state index in [4.69, 9.17) is 10.5 Å². The molecular formula is C12H19NO. The minimum atomic E-state index is 0.593. The number of anilines is 1. The molecule has 0 spiro atoms. The fourth-order valence-corrected chi connectivity index (χ4v) is 1.14. The first-order valence-corrected chi connectivity index (χ1v) is 5.13. The zero-order valence-electron chi connectivity index (χ0n) is 9.21. The summed E-state index contributed by atoms with van der Waals surface area (Å²) in [6.07, 6.45) is 1.14. The SMILES string of the molecule is CCC(C)COc1cccc(N)c1C. The van der Waals surface area contributed by atoms with Crippen LogP contribution in [0.4, 0.5) is 5.69 Å². The van der Waals surface area contributed by atoms with Crippen LogP contribution >= 0.6 is 0 Å². The highest BCUT2D eigenvalue weighted by Crippen LogP contribution is 2.23. The number of benzene rings is 1. The Morgan fingerprint density at radius 3 is 2.79 bits per heavy atom. The molecule has 0 radical (unpaired) electrons. The van der Waals surface area contributed by atoms with Gasteiger partial charge in [0.05, 0.1) is 6.61 Å². The molecule has 2 N–H and O–H groups in total. The lowest BCUT2D eigenvalue weighted by Gasteiger charge is -2.13. The molecule has 0 amide bonds. The van der Waals surface area contributed by atoms with Gasteiger partial charge in [-0.25, -0.2) is 0 Å². The molecule has 0 aromatic heterocycles. The summed E-state index contributed by atoms with van der Waals surface area (Å²) in [5.41, 5.74) is 7.62. The summed E-state index contributed by atoms with van der Waals surface area (Å²) in [5, 5.41) is 0. The Labute approximate surface area is 86.1 Å². The molecule has 2 nitrogen and oxygen atoms in total. The zero-order chi connectivity index (χ0) is 10.6. The summed E-state index contributed by atoms with van der Waals surface area (Å²) in [7, 11) is 0. The van der Waals surface area contributed by atoms with Crippen molar-refractivity contribution in [2.75, 3.05) is 12.3 Å². The summed E-state index contributed by atoms with van der Waals surface area (Å²) in [4.78, 5) is 0. The predicted octanol–water partition coefficient (Wildman–Crippen LogP) is 3.00. The Morgan fingerprint density at radius 2 is 2.14 bits per heavy atom. The first-order valence-electron chi connectivity index (χ1n) is 5.13. The summed E-state index contributed by atoms with van der Waals surface area (Å²) in [6, 6.07) is 5.79. The van der Waals surface area contributed by atoms with Crippen LogP contribution in [0.5, 0.6) is 5.75 Å². The lowest BCUT2D eigenvalue weighted by Crippen LogP contribution is -2.08. The van der Waals surface area contributed by atoms with Crippen molar-refractivity contribution in [3.05, 3.63) is 23.8 Å². The molecule has 1 rings (SSSR count). The van der Waals surface area contributed by atoms with E-state index in [1.54, 1.807) is 0 Å². The van der Waals surface area contributed by atoms with Gasteiger partial charge in [-0.1, -0.05) is 26.3 Å². The Balaban J connectivity index is 2.63. The van der Waals surface area contributed by atoms with E-state index in [0.29, 0.717) is 5.92 Å². The highest BCUT2D eigenvalue weighted by molar-refractivity contribution is 5.53. The van der Waals surface area contributed by atoms with Crippen LogP contribution in [-0.4, -0.2) is 6.61 Å². The normalized spacial score (nSPS) is 12.5. The maximum absolute atomic E-state index is 5.78. The fourth-order valence-electron chi connectivity index (χ4n) is 1.14. The van der Waals surface area contributed by atoms with Crippen LogP contribution in [-0.2, 0) is 0 Å². The zero-order valence-corrected chi connectivity index (χ0v) is 9.21. The minimum absolute atomic E-state index is 0.593. The largest absolute Gasteiger partial charge is 0.493 e. The first kappa shape index (κ1) is 10.9. The van der Waals surface area contributed by atoms with Gasteiger partial charge in [0.15, 0.2) is 0 Å². The van der Waals surface area contributed by atoms with Gasteiger partial charge in [-0.2, -0.15) is 0 Å².